The zero-order valence-corrected chi connectivity index (χ0v) is 10.6. The zero-order valence-electron chi connectivity index (χ0n) is 9.06. The van der Waals surface area contributed by atoms with E-state index in [2.05, 4.69) is 15.9 Å². The summed E-state index contributed by atoms with van der Waals surface area (Å²) >= 11 is 3.34. The predicted molar refractivity (Wildman–Crippen MR) is 65.3 cm³/mol. The van der Waals surface area contributed by atoms with Gasteiger partial charge in [0.1, 0.15) is 5.75 Å². The Balaban J connectivity index is 2.84. The van der Waals surface area contributed by atoms with Crippen molar-refractivity contribution < 1.29 is 14.9 Å². The lowest BCUT2D eigenvalue weighted by Gasteiger charge is -2.19. The van der Waals surface area contributed by atoms with Gasteiger partial charge >= 0.3 is 0 Å². The molecule has 0 amide bonds. The van der Waals surface area contributed by atoms with E-state index in [4.69, 9.17) is 15.6 Å². The average Bonchev–Trinajstić information content (AvgIpc) is 2.28. The highest BCUT2D eigenvalue weighted by atomic mass is 79.9. The lowest BCUT2D eigenvalue weighted by Crippen LogP contribution is -2.29. The Morgan fingerprint density at radius 1 is 1.50 bits per heavy atom. The lowest BCUT2D eigenvalue weighted by atomic mass is 10.0. The molecule has 0 radical (unpaired) electrons. The van der Waals surface area contributed by atoms with Gasteiger partial charge in [-0.1, -0.05) is 6.07 Å². The molecule has 16 heavy (non-hydrogen) atoms. The van der Waals surface area contributed by atoms with Crippen LogP contribution in [0.2, 0.25) is 0 Å². The Morgan fingerprint density at radius 2 is 2.19 bits per heavy atom. The molecule has 4 N–H and O–H groups in total. The van der Waals surface area contributed by atoms with Gasteiger partial charge in [0.15, 0.2) is 0 Å². The second-order valence-corrected chi connectivity index (χ2v) is 4.37. The van der Waals surface area contributed by atoms with Crippen molar-refractivity contribution in [3.63, 3.8) is 0 Å². The van der Waals surface area contributed by atoms with E-state index in [-0.39, 0.29) is 6.61 Å². The molecule has 5 heteroatoms. The van der Waals surface area contributed by atoms with Crippen molar-refractivity contribution in [1.82, 2.24) is 0 Å². The molecule has 1 aromatic rings. The Bertz CT molecular complexity index is 346. The van der Waals surface area contributed by atoms with Gasteiger partial charge in [-0.2, -0.15) is 0 Å². The van der Waals surface area contributed by atoms with Gasteiger partial charge in [-0.3, -0.25) is 0 Å². The van der Waals surface area contributed by atoms with Crippen LogP contribution in [0.25, 0.3) is 0 Å². The fourth-order valence-corrected chi connectivity index (χ4v) is 1.98. The highest BCUT2D eigenvalue weighted by Gasteiger charge is 2.17. The van der Waals surface area contributed by atoms with E-state index in [9.17, 15) is 5.11 Å². The summed E-state index contributed by atoms with van der Waals surface area (Å²) in [5.74, 6) is 0.701. The third kappa shape index (κ3) is 3.18. The predicted octanol–water partition coefficient (Wildman–Crippen LogP) is 1.20. The standard InChI is InChI=1S/C11H16BrNO3/c1-16-10-3-2-7(6-8(10)12)11(15)9(13)4-5-14/h2-3,6,9,11,14-15H,4-5,13H2,1H3. The first kappa shape index (κ1) is 13.4. The Hall–Kier alpha value is -0.620. The molecule has 1 aromatic carbocycles. The lowest BCUT2D eigenvalue weighted by molar-refractivity contribution is 0.129. The van der Waals surface area contributed by atoms with Crippen LogP contribution in [0.3, 0.4) is 0 Å². The number of halogens is 1. The second-order valence-electron chi connectivity index (χ2n) is 3.51. The third-order valence-electron chi connectivity index (χ3n) is 2.39. The van der Waals surface area contributed by atoms with Gasteiger partial charge in [-0.15, -0.1) is 0 Å². The third-order valence-corrected chi connectivity index (χ3v) is 3.01. The van der Waals surface area contributed by atoms with Crippen LogP contribution in [-0.2, 0) is 0 Å². The average molecular weight is 290 g/mol. The number of aliphatic hydroxyl groups is 2. The minimum Gasteiger partial charge on any atom is -0.496 e. The highest BCUT2D eigenvalue weighted by molar-refractivity contribution is 9.10. The van der Waals surface area contributed by atoms with E-state index in [0.717, 1.165) is 4.47 Å². The van der Waals surface area contributed by atoms with E-state index in [1.54, 1.807) is 25.3 Å². The molecular weight excluding hydrogens is 274 g/mol. The maximum absolute atomic E-state index is 9.91. The molecule has 0 saturated heterocycles. The van der Waals surface area contributed by atoms with Crippen LogP contribution in [0.5, 0.6) is 5.75 Å². The Labute approximate surface area is 103 Å². The van der Waals surface area contributed by atoms with Gasteiger partial charge in [0.25, 0.3) is 0 Å². The molecule has 0 aliphatic carbocycles. The summed E-state index contributed by atoms with van der Waals surface area (Å²) in [4.78, 5) is 0. The summed E-state index contributed by atoms with van der Waals surface area (Å²) in [6.07, 6.45) is -0.417. The van der Waals surface area contributed by atoms with Crippen LogP contribution in [0, 0.1) is 0 Å². The van der Waals surface area contributed by atoms with Crippen LogP contribution in [0.1, 0.15) is 18.1 Å². The van der Waals surface area contributed by atoms with E-state index in [0.29, 0.717) is 17.7 Å². The number of aliphatic hydroxyl groups excluding tert-OH is 2. The molecule has 2 unspecified atom stereocenters. The van der Waals surface area contributed by atoms with Crippen molar-refractivity contribution in [2.45, 2.75) is 18.6 Å². The van der Waals surface area contributed by atoms with Gasteiger partial charge in [-0.05, 0) is 40.0 Å². The molecule has 0 spiro atoms. The number of hydrogen-bond donors (Lipinski definition) is 3. The first-order chi connectivity index (χ1) is 7.60. The number of ether oxygens (including phenoxy) is 1. The quantitative estimate of drug-likeness (QED) is 0.761. The van der Waals surface area contributed by atoms with E-state index in [1.807, 2.05) is 0 Å². The fourth-order valence-electron chi connectivity index (χ4n) is 1.42. The summed E-state index contributed by atoms with van der Waals surface area (Å²) in [6, 6.07) is 4.81. The highest BCUT2D eigenvalue weighted by Crippen LogP contribution is 2.29. The van der Waals surface area contributed by atoms with E-state index >= 15 is 0 Å². The minimum atomic E-state index is -0.783. The molecule has 0 aliphatic rings. The summed E-state index contributed by atoms with van der Waals surface area (Å²) < 4.78 is 5.85. The number of methoxy groups -OCH3 is 1. The Morgan fingerprint density at radius 3 is 2.69 bits per heavy atom. The zero-order chi connectivity index (χ0) is 12.1. The monoisotopic (exact) mass is 289 g/mol. The molecule has 0 aliphatic heterocycles. The minimum absolute atomic E-state index is 0.0322. The molecule has 0 bridgehead atoms. The first-order valence-corrected chi connectivity index (χ1v) is 5.77. The maximum Gasteiger partial charge on any atom is 0.133 e. The summed E-state index contributed by atoms with van der Waals surface area (Å²) in [6.45, 7) is -0.0322. The van der Waals surface area contributed by atoms with Crippen LogP contribution in [0.4, 0.5) is 0 Å². The van der Waals surface area contributed by atoms with Crippen molar-refractivity contribution in [3.8, 4) is 5.75 Å². The molecule has 2 atom stereocenters. The molecule has 4 nitrogen and oxygen atoms in total. The molecule has 0 heterocycles. The van der Waals surface area contributed by atoms with Crippen molar-refractivity contribution in [1.29, 1.82) is 0 Å². The molecule has 1 rings (SSSR count). The summed E-state index contributed by atoms with van der Waals surface area (Å²) in [7, 11) is 1.58. The fraction of sp³-hybridized carbons (Fsp3) is 0.455. The van der Waals surface area contributed by atoms with E-state index in [1.165, 1.54) is 0 Å². The molecule has 0 fully saturated rings. The van der Waals surface area contributed by atoms with Crippen LogP contribution >= 0.6 is 15.9 Å². The normalized spacial score (nSPS) is 14.6. The van der Waals surface area contributed by atoms with Crippen molar-refractivity contribution in [2.24, 2.45) is 5.73 Å². The first-order valence-electron chi connectivity index (χ1n) is 4.98. The number of benzene rings is 1. The number of nitrogens with two attached hydrogens (primary N) is 1. The molecule has 0 saturated carbocycles. The number of hydrogen-bond acceptors (Lipinski definition) is 4. The van der Waals surface area contributed by atoms with Gasteiger partial charge in [0.2, 0.25) is 0 Å². The molecule has 90 valence electrons. The van der Waals surface area contributed by atoms with Crippen LogP contribution < -0.4 is 10.5 Å². The van der Waals surface area contributed by atoms with Gasteiger partial charge in [0, 0.05) is 12.6 Å². The SMILES string of the molecule is COc1ccc(C(O)C(N)CCO)cc1Br. The smallest absolute Gasteiger partial charge is 0.133 e. The van der Waals surface area contributed by atoms with Gasteiger partial charge in [0.05, 0.1) is 17.7 Å². The maximum atomic E-state index is 9.91. The second kappa shape index (κ2) is 6.20. The molecule has 0 aromatic heterocycles. The van der Waals surface area contributed by atoms with Crippen LogP contribution in [-0.4, -0.2) is 30.0 Å². The van der Waals surface area contributed by atoms with Gasteiger partial charge < -0.3 is 20.7 Å². The van der Waals surface area contributed by atoms with Crippen molar-refractivity contribution in [3.05, 3.63) is 28.2 Å². The largest absolute Gasteiger partial charge is 0.496 e. The van der Waals surface area contributed by atoms with Crippen LogP contribution in [0.15, 0.2) is 22.7 Å². The Kier molecular flexibility index (Phi) is 5.21. The van der Waals surface area contributed by atoms with Crippen molar-refractivity contribution in [2.75, 3.05) is 13.7 Å². The number of rotatable bonds is 5. The summed E-state index contributed by atoms with van der Waals surface area (Å²) in [5, 5.41) is 18.7. The van der Waals surface area contributed by atoms with Crippen molar-refractivity contribution >= 4 is 15.9 Å². The molecular formula is C11H16BrNO3. The van der Waals surface area contributed by atoms with E-state index < -0.39 is 12.1 Å². The topological polar surface area (TPSA) is 75.7 Å². The summed E-state index contributed by atoms with van der Waals surface area (Å²) in [5.41, 5.74) is 6.43. The van der Waals surface area contributed by atoms with Gasteiger partial charge in [-0.25, -0.2) is 0 Å².